The molecule has 0 saturated carbocycles. The number of thiophene rings is 1. The molecule has 1 rings (SSSR count). The van der Waals surface area contributed by atoms with Crippen molar-refractivity contribution in [2.75, 3.05) is 0 Å². The van der Waals surface area contributed by atoms with E-state index in [9.17, 15) is 0 Å². The Kier molecular flexibility index (Phi) is 5.77. The molecule has 0 unspecified atom stereocenters. The quantitative estimate of drug-likeness (QED) is 0.458. The Morgan fingerprint density at radius 2 is 2.11 bits per heavy atom. The molecule has 0 atom stereocenters. The number of halogens is 1. The first kappa shape index (κ1) is 9.61. The van der Waals surface area contributed by atoms with Crippen LogP contribution in [0.4, 0.5) is 0 Å². The third-order valence-corrected chi connectivity index (χ3v) is 1.71. The minimum atomic E-state index is 0.847. The summed E-state index contributed by atoms with van der Waals surface area (Å²) >= 11 is 2.60. The van der Waals surface area contributed by atoms with Crippen LogP contribution in [0.15, 0.2) is 5.38 Å². The molecule has 0 nitrogen and oxygen atoms in total. The Balaban J connectivity index is 0.000000291. The Morgan fingerprint density at radius 3 is 2.22 bits per heavy atom. The summed E-state index contributed by atoms with van der Waals surface area (Å²) in [6.45, 7) is 4.13. The van der Waals surface area contributed by atoms with E-state index in [0.717, 1.165) is 17.3 Å². The van der Waals surface area contributed by atoms with Crippen molar-refractivity contribution < 1.29 is 17.3 Å². The standard InChI is InChI=1S/C6H7S.ClH.Zn/c1-5-3-6(2)7-4-5;;/h4H,1-2H3;1H;/q-1;;+2/p-1. The van der Waals surface area contributed by atoms with Crippen LogP contribution in [0, 0.1) is 19.9 Å². The second-order valence-corrected chi connectivity index (χ2v) is 2.68. The Labute approximate surface area is 74.0 Å². The normalized spacial score (nSPS) is 8.11. The molecule has 0 aliphatic heterocycles. The molecule has 0 fully saturated rings. The monoisotopic (exact) mass is 210 g/mol. The van der Waals surface area contributed by atoms with Gasteiger partial charge in [-0.25, -0.2) is 11.6 Å². The zero-order valence-electron chi connectivity index (χ0n) is 5.57. The maximum atomic E-state index is 4.76. The van der Waals surface area contributed by atoms with Crippen molar-refractivity contribution >= 4 is 21.0 Å². The summed E-state index contributed by atoms with van der Waals surface area (Å²) < 4.78 is 0. The van der Waals surface area contributed by atoms with Gasteiger partial charge >= 0.3 is 27.0 Å². The molecule has 1 aromatic heterocycles. The van der Waals surface area contributed by atoms with Gasteiger partial charge in [-0.3, -0.25) is 11.3 Å². The van der Waals surface area contributed by atoms with Crippen LogP contribution in [-0.2, 0) is 17.3 Å². The van der Waals surface area contributed by atoms with Crippen LogP contribution in [0.25, 0.3) is 0 Å². The summed E-state index contributed by atoms with van der Waals surface area (Å²) in [7, 11) is 4.76. The van der Waals surface area contributed by atoms with E-state index in [1.54, 1.807) is 11.3 Å². The van der Waals surface area contributed by atoms with Gasteiger partial charge in [-0.1, -0.05) is 6.92 Å². The van der Waals surface area contributed by atoms with Crippen LogP contribution in [0.3, 0.4) is 0 Å². The summed E-state index contributed by atoms with van der Waals surface area (Å²) in [5.74, 6) is 0. The van der Waals surface area contributed by atoms with Gasteiger partial charge in [-0.2, -0.15) is 5.38 Å². The molecule has 1 aromatic rings. The average Bonchev–Trinajstić information content (AvgIpc) is 2.20. The van der Waals surface area contributed by atoms with Gasteiger partial charge < -0.3 is 0 Å². The molecule has 1 heterocycles. The zero-order valence-corrected chi connectivity index (χ0v) is 10.1. The first-order valence-corrected chi connectivity index (χ1v) is 7.27. The molecular formula is C6H7ClSZn. The van der Waals surface area contributed by atoms with Crippen molar-refractivity contribution in [2.45, 2.75) is 13.8 Å². The number of aryl methyl sites for hydroxylation is 2. The van der Waals surface area contributed by atoms with Crippen molar-refractivity contribution in [1.29, 1.82) is 0 Å². The predicted molar refractivity (Wildman–Crippen MR) is 38.5 cm³/mol. The van der Waals surface area contributed by atoms with E-state index in [0.29, 0.717) is 0 Å². The first-order valence-electron chi connectivity index (χ1n) is 2.50. The molecule has 0 amide bonds. The molecule has 0 aliphatic carbocycles. The summed E-state index contributed by atoms with van der Waals surface area (Å²) in [5, 5.41) is 2.11. The second-order valence-electron chi connectivity index (χ2n) is 1.60. The Bertz CT molecular complexity index is 145. The van der Waals surface area contributed by atoms with E-state index in [1.165, 1.54) is 10.4 Å². The third kappa shape index (κ3) is 4.08. The molecule has 46 valence electrons. The summed E-state index contributed by atoms with van der Waals surface area (Å²) in [6.07, 6.45) is 0. The van der Waals surface area contributed by atoms with E-state index < -0.39 is 0 Å². The van der Waals surface area contributed by atoms with Gasteiger partial charge in [0.2, 0.25) is 0 Å². The summed E-state index contributed by atoms with van der Waals surface area (Å²) in [5.41, 5.74) is 1.25. The summed E-state index contributed by atoms with van der Waals surface area (Å²) in [6, 6.07) is 3.16. The van der Waals surface area contributed by atoms with Crippen molar-refractivity contribution in [3.8, 4) is 0 Å². The average molecular weight is 212 g/mol. The van der Waals surface area contributed by atoms with E-state index >= 15 is 0 Å². The Hall–Kier alpha value is 0.613. The van der Waals surface area contributed by atoms with Gasteiger partial charge in [-0.15, -0.1) is 4.88 Å². The van der Waals surface area contributed by atoms with Crippen molar-refractivity contribution in [3.05, 3.63) is 21.9 Å². The molecule has 0 N–H and O–H groups in total. The fraction of sp³-hybridized carbons (Fsp3) is 0.333. The molecule has 0 saturated heterocycles. The van der Waals surface area contributed by atoms with Gasteiger partial charge in [0.15, 0.2) is 0 Å². The van der Waals surface area contributed by atoms with Crippen LogP contribution in [-0.4, -0.2) is 0 Å². The van der Waals surface area contributed by atoms with Gasteiger partial charge in [0.1, 0.15) is 0 Å². The molecular weight excluding hydrogens is 205 g/mol. The minimum absolute atomic E-state index is 0.847. The number of hydrogen-bond acceptors (Lipinski definition) is 1. The van der Waals surface area contributed by atoms with E-state index in [2.05, 4.69) is 25.3 Å². The van der Waals surface area contributed by atoms with Crippen LogP contribution in [0.5, 0.6) is 0 Å². The van der Waals surface area contributed by atoms with Crippen molar-refractivity contribution in [1.82, 2.24) is 0 Å². The van der Waals surface area contributed by atoms with E-state index in [4.69, 9.17) is 9.69 Å². The van der Waals surface area contributed by atoms with Crippen LogP contribution < -0.4 is 0 Å². The van der Waals surface area contributed by atoms with Crippen LogP contribution in [0.1, 0.15) is 10.4 Å². The molecule has 9 heavy (non-hydrogen) atoms. The molecule has 0 spiro atoms. The van der Waals surface area contributed by atoms with E-state index in [-0.39, 0.29) is 0 Å². The molecule has 0 aromatic carbocycles. The van der Waals surface area contributed by atoms with Crippen LogP contribution >= 0.6 is 21.0 Å². The maximum absolute atomic E-state index is 4.76. The van der Waals surface area contributed by atoms with Crippen molar-refractivity contribution in [2.24, 2.45) is 0 Å². The van der Waals surface area contributed by atoms with Gasteiger partial charge in [0.05, 0.1) is 0 Å². The second kappa shape index (κ2) is 5.40. The Morgan fingerprint density at radius 1 is 1.56 bits per heavy atom. The fourth-order valence-electron chi connectivity index (χ4n) is 0.513. The van der Waals surface area contributed by atoms with Gasteiger partial charge in [-0.05, 0) is 6.92 Å². The molecule has 0 radical (unpaired) electrons. The van der Waals surface area contributed by atoms with Crippen molar-refractivity contribution in [3.63, 3.8) is 0 Å². The molecule has 0 aliphatic rings. The fourth-order valence-corrected chi connectivity index (χ4v) is 1.15. The van der Waals surface area contributed by atoms with Gasteiger partial charge in [0, 0.05) is 0 Å². The predicted octanol–water partition coefficient (Wildman–Crippen LogP) is 2.85. The van der Waals surface area contributed by atoms with Gasteiger partial charge in [0.25, 0.3) is 0 Å². The number of hydrogen-bond donors (Lipinski definition) is 0. The topological polar surface area (TPSA) is 0 Å². The third-order valence-electron chi connectivity index (χ3n) is 0.786. The molecule has 3 heteroatoms. The summed E-state index contributed by atoms with van der Waals surface area (Å²) in [4.78, 5) is 1.28. The number of rotatable bonds is 0. The SMILES string of the molecule is Cc1[c-]c(C)sc1.[Cl][Zn+]. The zero-order chi connectivity index (χ0) is 7.28. The van der Waals surface area contributed by atoms with E-state index in [1.807, 2.05) is 0 Å². The molecule has 0 bridgehead atoms. The first-order chi connectivity index (χ1) is 4.29. The van der Waals surface area contributed by atoms with Crippen LogP contribution in [0.2, 0.25) is 0 Å².